The van der Waals surface area contributed by atoms with E-state index in [9.17, 15) is 4.79 Å². The summed E-state index contributed by atoms with van der Waals surface area (Å²) in [6, 6.07) is 9.69. The summed E-state index contributed by atoms with van der Waals surface area (Å²) in [7, 11) is 0. The van der Waals surface area contributed by atoms with Gasteiger partial charge in [-0.1, -0.05) is 43.7 Å². The van der Waals surface area contributed by atoms with Crippen molar-refractivity contribution >= 4 is 12.0 Å². The molecule has 2 nitrogen and oxygen atoms in total. The van der Waals surface area contributed by atoms with E-state index in [1.54, 1.807) is 6.08 Å². The molecular weight excluding hydrogens is 188 g/mol. The van der Waals surface area contributed by atoms with Crippen molar-refractivity contribution in [1.29, 1.82) is 0 Å². The summed E-state index contributed by atoms with van der Waals surface area (Å²) in [5, 5.41) is 0. The zero-order chi connectivity index (χ0) is 10.9. The fourth-order valence-corrected chi connectivity index (χ4v) is 1.09. The van der Waals surface area contributed by atoms with E-state index in [0.29, 0.717) is 6.61 Å². The van der Waals surface area contributed by atoms with Crippen LogP contribution < -0.4 is 0 Å². The van der Waals surface area contributed by atoms with Crippen LogP contribution in [0.3, 0.4) is 0 Å². The van der Waals surface area contributed by atoms with Gasteiger partial charge in [-0.2, -0.15) is 0 Å². The van der Waals surface area contributed by atoms with E-state index in [1.165, 1.54) is 6.08 Å². The van der Waals surface area contributed by atoms with E-state index in [0.717, 1.165) is 18.4 Å². The Balaban J connectivity index is 2.34. The van der Waals surface area contributed by atoms with Crippen LogP contribution in [0.4, 0.5) is 0 Å². The zero-order valence-corrected chi connectivity index (χ0v) is 8.98. The lowest BCUT2D eigenvalue weighted by atomic mass is 10.2. The minimum Gasteiger partial charge on any atom is -0.463 e. The number of hydrogen-bond donors (Lipinski definition) is 0. The van der Waals surface area contributed by atoms with Crippen molar-refractivity contribution in [3.63, 3.8) is 0 Å². The molecule has 0 radical (unpaired) electrons. The number of carbonyl (C=O) groups is 1. The lowest BCUT2D eigenvalue weighted by molar-refractivity contribution is -0.137. The van der Waals surface area contributed by atoms with Crippen molar-refractivity contribution in [1.82, 2.24) is 0 Å². The molecule has 0 unspecified atom stereocenters. The van der Waals surface area contributed by atoms with Crippen LogP contribution in [0, 0.1) is 0 Å². The maximum Gasteiger partial charge on any atom is 0.330 e. The third-order valence-electron chi connectivity index (χ3n) is 1.95. The smallest absolute Gasteiger partial charge is 0.330 e. The molecular formula is C13H16O2. The summed E-state index contributed by atoms with van der Waals surface area (Å²) in [4.78, 5) is 11.2. The maximum atomic E-state index is 11.2. The third-order valence-corrected chi connectivity index (χ3v) is 1.95. The van der Waals surface area contributed by atoms with Gasteiger partial charge in [0.05, 0.1) is 6.61 Å². The molecule has 1 aromatic rings. The molecule has 0 saturated heterocycles. The molecule has 1 rings (SSSR count). The predicted octanol–water partition coefficient (Wildman–Crippen LogP) is 3.04. The minimum absolute atomic E-state index is 0.271. The van der Waals surface area contributed by atoms with Gasteiger partial charge < -0.3 is 4.74 Å². The van der Waals surface area contributed by atoms with Crippen LogP contribution in [0.25, 0.3) is 6.08 Å². The molecule has 0 aliphatic heterocycles. The van der Waals surface area contributed by atoms with Crippen LogP contribution in [-0.4, -0.2) is 12.6 Å². The zero-order valence-electron chi connectivity index (χ0n) is 8.98. The maximum absolute atomic E-state index is 11.2. The Morgan fingerprint density at radius 1 is 1.33 bits per heavy atom. The third kappa shape index (κ3) is 5.01. The second kappa shape index (κ2) is 6.82. The molecule has 1 aromatic carbocycles. The van der Waals surface area contributed by atoms with E-state index in [-0.39, 0.29) is 5.97 Å². The standard InChI is InChI=1S/C13H16O2/c1-2-3-11-15-13(14)10-9-12-7-5-4-6-8-12/h4-10H,2-3,11H2,1H3/b10-9+. The van der Waals surface area contributed by atoms with E-state index in [4.69, 9.17) is 4.74 Å². The van der Waals surface area contributed by atoms with Gasteiger partial charge in [0, 0.05) is 6.08 Å². The first-order chi connectivity index (χ1) is 7.33. The van der Waals surface area contributed by atoms with Crippen molar-refractivity contribution < 1.29 is 9.53 Å². The molecule has 0 saturated carbocycles. The molecule has 0 atom stereocenters. The van der Waals surface area contributed by atoms with Crippen molar-refractivity contribution in [3.05, 3.63) is 42.0 Å². The van der Waals surface area contributed by atoms with Gasteiger partial charge in [-0.3, -0.25) is 0 Å². The number of benzene rings is 1. The highest BCUT2D eigenvalue weighted by molar-refractivity contribution is 5.86. The van der Waals surface area contributed by atoms with Gasteiger partial charge in [-0.15, -0.1) is 0 Å². The number of ether oxygens (including phenoxy) is 1. The van der Waals surface area contributed by atoms with Crippen molar-refractivity contribution in [2.45, 2.75) is 19.8 Å². The average molecular weight is 204 g/mol. The highest BCUT2D eigenvalue weighted by Crippen LogP contribution is 2.01. The van der Waals surface area contributed by atoms with Crippen LogP contribution in [0.1, 0.15) is 25.3 Å². The van der Waals surface area contributed by atoms with E-state index in [2.05, 4.69) is 6.92 Å². The molecule has 0 fully saturated rings. The lowest BCUT2D eigenvalue weighted by Gasteiger charge is -1.98. The summed E-state index contributed by atoms with van der Waals surface area (Å²) in [5.41, 5.74) is 1.00. The average Bonchev–Trinajstić information content (AvgIpc) is 2.28. The fourth-order valence-electron chi connectivity index (χ4n) is 1.09. The molecule has 80 valence electrons. The Hall–Kier alpha value is -1.57. The largest absolute Gasteiger partial charge is 0.463 e. The van der Waals surface area contributed by atoms with E-state index >= 15 is 0 Å². The van der Waals surface area contributed by atoms with Crippen molar-refractivity contribution in [2.24, 2.45) is 0 Å². The molecule has 15 heavy (non-hydrogen) atoms. The van der Waals surface area contributed by atoms with Gasteiger partial charge in [0.25, 0.3) is 0 Å². The first-order valence-corrected chi connectivity index (χ1v) is 5.23. The summed E-state index contributed by atoms with van der Waals surface area (Å²) in [5.74, 6) is -0.271. The summed E-state index contributed by atoms with van der Waals surface area (Å²) in [6.07, 6.45) is 5.18. The van der Waals surface area contributed by atoms with Crippen LogP contribution in [0.2, 0.25) is 0 Å². The molecule has 0 spiro atoms. The van der Waals surface area contributed by atoms with Gasteiger partial charge in [0.2, 0.25) is 0 Å². The first kappa shape index (κ1) is 11.5. The van der Waals surface area contributed by atoms with Gasteiger partial charge in [0.15, 0.2) is 0 Å². The molecule has 0 heterocycles. The second-order valence-corrected chi connectivity index (χ2v) is 3.27. The summed E-state index contributed by atoms with van der Waals surface area (Å²) in [6.45, 7) is 2.57. The highest BCUT2D eigenvalue weighted by atomic mass is 16.5. The van der Waals surface area contributed by atoms with E-state index in [1.807, 2.05) is 30.3 Å². The van der Waals surface area contributed by atoms with Crippen LogP contribution in [0.15, 0.2) is 36.4 Å². The Morgan fingerprint density at radius 2 is 2.07 bits per heavy atom. The molecule has 0 N–H and O–H groups in total. The number of hydrogen-bond acceptors (Lipinski definition) is 2. The number of unbranched alkanes of at least 4 members (excludes halogenated alkanes) is 1. The van der Waals surface area contributed by atoms with Crippen LogP contribution in [-0.2, 0) is 9.53 Å². The van der Waals surface area contributed by atoms with Gasteiger partial charge in [-0.25, -0.2) is 4.79 Å². The topological polar surface area (TPSA) is 26.3 Å². The monoisotopic (exact) mass is 204 g/mol. The normalized spacial score (nSPS) is 10.5. The molecule has 0 aromatic heterocycles. The highest BCUT2D eigenvalue weighted by Gasteiger charge is 1.95. The van der Waals surface area contributed by atoms with Gasteiger partial charge in [0.1, 0.15) is 0 Å². The van der Waals surface area contributed by atoms with Crippen LogP contribution >= 0.6 is 0 Å². The van der Waals surface area contributed by atoms with Crippen molar-refractivity contribution in [3.8, 4) is 0 Å². The predicted molar refractivity (Wildman–Crippen MR) is 61.3 cm³/mol. The first-order valence-electron chi connectivity index (χ1n) is 5.23. The number of esters is 1. The second-order valence-electron chi connectivity index (χ2n) is 3.27. The molecule has 0 bridgehead atoms. The fraction of sp³-hybridized carbons (Fsp3) is 0.308. The summed E-state index contributed by atoms with van der Waals surface area (Å²) < 4.78 is 4.98. The molecule has 2 heteroatoms. The Morgan fingerprint density at radius 3 is 2.73 bits per heavy atom. The Labute approximate surface area is 90.6 Å². The SMILES string of the molecule is CCCCOC(=O)/C=C/c1ccccc1. The van der Waals surface area contributed by atoms with Gasteiger partial charge in [-0.05, 0) is 18.1 Å². The van der Waals surface area contributed by atoms with E-state index < -0.39 is 0 Å². The quantitative estimate of drug-likeness (QED) is 0.418. The molecule has 0 amide bonds. The van der Waals surface area contributed by atoms with Crippen LogP contribution in [0.5, 0.6) is 0 Å². The minimum atomic E-state index is -0.271. The molecule has 0 aliphatic rings. The summed E-state index contributed by atoms with van der Waals surface area (Å²) >= 11 is 0. The lowest BCUT2D eigenvalue weighted by Crippen LogP contribution is -2.01. The Bertz CT molecular complexity index is 315. The molecule has 0 aliphatic carbocycles. The van der Waals surface area contributed by atoms with Crippen molar-refractivity contribution in [2.75, 3.05) is 6.61 Å². The number of rotatable bonds is 5. The van der Waals surface area contributed by atoms with Gasteiger partial charge >= 0.3 is 5.97 Å². The number of carbonyl (C=O) groups excluding carboxylic acids is 1. The Kier molecular flexibility index (Phi) is 5.23.